The van der Waals surface area contributed by atoms with Crippen LogP contribution in [-0.4, -0.2) is 24.6 Å². The number of fused-ring (bicyclic) bond motifs is 2. The smallest absolute Gasteiger partial charge is 0.223 e. The maximum absolute atomic E-state index is 13.6. The third kappa shape index (κ3) is 4.86. The summed E-state index contributed by atoms with van der Waals surface area (Å²) in [6.07, 6.45) is 5.14. The Hall–Kier alpha value is -1.40. The zero-order valence-corrected chi connectivity index (χ0v) is 15.7. The van der Waals surface area contributed by atoms with Gasteiger partial charge in [0.1, 0.15) is 12.4 Å². The van der Waals surface area contributed by atoms with Gasteiger partial charge in [-0.05, 0) is 56.6 Å². The molecule has 2 bridgehead atoms. The second-order valence-corrected chi connectivity index (χ2v) is 7.49. The van der Waals surface area contributed by atoms with E-state index in [1.165, 1.54) is 12.5 Å². The molecule has 3 atom stereocenters. The van der Waals surface area contributed by atoms with E-state index in [-0.39, 0.29) is 48.7 Å². The van der Waals surface area contributed by atoms with E-state index >= 15 is 0 Å². The summed E-state index contributed by atoms with van der Waals surface area (Å²) in [6.45, 7) is 1.95. The molecular formula is C19H27ClF2N2O2. The first kappa shape index (κ1) is 20.9. The average molecular weight is 389 g/mol. The number of nitrogens with two attached hydrogens (primary N) is 1. The van der Waals surface area contributed by atoms with Crippen LogP contribution in [0.25, 0.3) is 0 Å². The topological polar surface area (TPSA) is 64.3 Å². The van der Waals surface area contributed by atoms with Crippen LogP contribution in [0.4, 0.5) is 8.78 Å². The molecule has 0 aliphatic heterocycles. The maximum atomic E-state index is 13.6. The van der Waals surface area contributed by atoms with E-state index in [1.54, 1.807) is 0 Å². The Bertz CT molecular complexity index is 618. The van der Waals surface area contributed by atoms with Gasteiger partial charge in [-0.15, -0.1) is 12.4 Å². The average Bonchev–Trinajstić information content (AvgIpc) is 2.53. The number of carbonyl (C=O) groups excluding carboxylic acids is 1. The van der Waals surface area contributed by atoms with Crippen molar-refractivity contribution in [3.8, 4) is 5.75 Å². The molecule has 0 radical (unpaired) electrons. The standard InChI is InChI=1S/C19H26F2N2O2.ClH/c1-11(10-25-17-6-5-15(20)9-16(17)21)23-19(24)14-7-12-3-2-4-13(8-14)18(12)22;/h5-6,9,11-14,18H,2-4,7-8,10,22H2,1H3,(H,23,24);1H. The maximum Gasteiger partial charge on any atom is 0.223 e. The molecular weight excluding hydrogens is 362 g/mol. The van der Waals surface area contributed by atoms with Gasteiger partial charge in [0, 0.05) is 18.0 Å². The van der Waals surface area contributed by atoms with Gasteiger partial charge in [-0.2, -0.15) is 0 Å². The monoisotopic (exact) mass is 388 g/mol. The lowest BCUT2D eigenvalue weighted by Gasteiger charge is -2.43. The van der Waals surface area contributed by atoms with Crippen molar-refractivity contribution in [2.75, 3.05) is 6.61 Å². The molecule has 3 N–H and O–H groups in total. The number of rotatable bonds is 5. The summed E-state index contributed by atoms with van der Waals surface area (Å²) in [5.41, 5.74) is 6.27. The van der Waals surface area contributed by atoms with Crippen LogP contribution in [0, 0.1) is 29.4 Å². The Morgan fingerprint density at radius 1 is 1.31 bits per heavy atom. The zero-order chi connectivity index (χ0) is 18.0. The third-order valence-electron chi connectivity index (χ3n) is 5.56. The van der Waals surface area contributed by atoms with Gasteiger partial charge in [0.25, 0.3) is 0 Å². The van der Waals surface area contributed by atoms with Gasteiger partial charge >= 0.3 is 0 Å². The lowest BCUT2D eigenvalue weighted by atomic mass is 9.65. The largest absolute Gasteiger partial charge is 0.488 e. The molecule has 146 valence electrons. The van der Waals surface area contributed by atoms with Crippen LogP contribution in [-0.2, 0) is 4.79 Å². The van der Waals surface area contributed by atoms with Crippen LogP contribution >= 0.6 is 12.4 Å². The molecule has 0 heterocycles. The van der Waals surface area contributed by atoms with Crippen molar-refractivity contribution in [3.63, 3.8) is 0 Å². The molecule has 0 aromatic heterocycles. The highest BCUT2D eigenvalue weighted by atomic mass is 35.5. The molecule has 1 amide bonds. The minimum atomic E-state index is -0.743. The first-order valence-corrected chi connectivity index (χ1v) is 9.08. The molecule has 4 nitrogen and oxygen atoms in total. The Morgan fingerprint density at radius 2 is 1.96 bits per heavy atom. The molecule has 2 fully saturated rings. The van der Waals surface area contributed by atoms with Crippen molar-refractivity contribution in [2.45, 2.75) is 51.1 Å². The van der Waals surface area contributed by atoms with Gasteiger partial charge in [-0.3, -0.25) is 4.79 Å². The summed E-state index contributed by atoms with van der Waals surface area (Å²) in [4.78, 5) is 12.5. The number of carbonyl (C=O) groups is 1. The van der Waals surface area contributed by atoms with Gasteiger partial charge < -0.3 is 15.8 Å². The molecule has 26 heavy (non-hydrogen) atoms. The zero-order valence-electron chi connectivity index (χ0n) is 14.9. The fourth-order valence-corrected chi connectivity index (χ4v) is 4.21. The molecule has 7 heteroatoms. The molecule has 1 aromatic carbocycles. The number of benzene rings is 1. The molecule has 2 saturated carbocycles. The van der Waals surface area contributed by atoms with Gasteiger partial charge in [0.2, 0.25) is 5.91 Å². The molecule has 1 aromatic rings. The van der Waals surface area contributed by atoms with E-state index in [1.807, 2.05) is 6.92 Å². The Morgan fingerprint density at radius 3 is 2.58 bits per heavy atom. The number of amides is 1. The van der Waals surface area contributed by atoms with E-state index in [2.05, 4.69) is 5.32 Å². The highest BCUT2D eigenvalue weighted by Crippen LogP contribution is 2.41. The van der Waals surface area contributed by atoms with E-state index in [4.69, 9.17) is 10.5 Å². The van der Waals surface area contributed by atoms with Crippen LogP contribution in [0.2, 0.25) is 0 Å². The summed E-state index contributed by atoms with van der Waals surface area (Å²) in [6, 6.07) is 3.16. The number of hydrogen-bond donors (Lipinski definition) is 2. The minimum Gasteiger partial charge on any atom is -0.488 e. The summed E-state index contributed by atoms with van der Waals surface area (Å²) in [5.74, 6) is -0.480. The fraction of sp³-hybridized carbons (Fsp3) is 0.632. The summed E-state index contributed by atoms with van der Waals surface area (Å²) in [7, 11) is 0. The van der Waals surface area contributed by atoms with Gasteiger partial charge in [-0.25, -0.2) is 8.78 Å². The summed E-state index contributed by atoms with van der Waals surface area (Å²) in [5, 5.41) is 2.95. The Kier molecular flexibility index (Phi) is 7.24. The molecule has 0 spiro atoms. The van der Waals surface area contributed by atoms with Crippen LogP contribution < -0.4 is 15.8 Å². The van der Waals surface area contributed by atoms with Crippen molar-refractivity contribution >= 4 is 18.3 Å². The predicted octanol–water partition coefficient (Wildman–Crippen LogP) is 3.42. The summed E-state index contributed by atoms with van der Waals surface area (Å²) < 4.78 is 31.8. The van der Waals surface area contributed by atoms with Crippen molar-refractivity contribution in [1.82, 2.24) is 5.32 Å². The Balaban J connectivity index is 0.00000243. The first-order chi connectivity index (χ1) is 11.9. The van der Waals surface area contributed by atoms with Gasteiger partial charge in [0.05, 0.1) is 6.04 Å². The van der Waals surface area contributed by atoms with E-state index in [0.717, 1.165) is 37.8 Å². The van der Waals surface area contributed by atoms with Crippen molar-refractivity contribution in [3.05, 3.63) is 29.8 Å². The van der Waals surface area contributed by atoms with Crippen molar-refractivity contribution in [1.29, 1.82) is 0 Å². The van der Waals surface area contributed by atoms with Crippen molar-refractivity contribution in [2.24, 2.45) is 23.5 Å². The van der Waals surface area contributed by atoms with Crippen LogP contribution in [0.15, 0.2) is 18.2 Å². The normalized spacial score (nSPS) is 28.6. The van der Waals surface area contributed by atoms with E-state index < -0.39 is 11.6 Å². The minimum absolute atomic E-state index is 0. The highest BCUT2D eigenvalue weighted by molar-refractivity contribution is 5.85. The number of nitrogens with one attached hydrogen (secondary N) is 1. The number of halogens is 3. The highest BCUT2D eigenvalue weighted by Gasteiger charge is 2.40. The number of hydrogen-bond acceptors (Lipinski definition) is 3. The van der Waals surface area contributed by atoms with Crippen LogP contribution in [0.5, 0.6) is 5.75 Å². The van der Waals surface area contributed by atoms with Crippen LogP contribution in [0.1, 0.15) is 39.0 Å². The predicted molar refractivity (Wildman–Crippen MR) is 98.2 cm³/mol. The van der Waals surface area contributed by atoms with Gasteiger partial charge in [0.15, 0.2) is 11.6 Å². The lowest BCUT2D eigenvalue weighted by molar-refractivity contribution is -0.128. The SMILES string of the molecule is CC(COc1ccc(F)cc1F)NC(=O)C1CC2CCCC(C1)C2N.Cl. The molecule has 2 aliphatic carbocycles. The Labute approximate surface area is 159 Å². The van der Waals surface area contributed by atoms with E-state index in [0.29, 0.717) is 11.8 Å². The quantitative estimate of drug-likeness (QED) is 0.812. The lowest BCUT2D eigenvalue weighted by Crippen LogP contribution is -2.50. The summed E-state index contributed by atoms with van der Waals surface area (Å²) >= 11 is 0. The second-order valence-electron chi connectivity index (χ2n) is 7.49. The van der Waals surface area contributed by atoms with Gasteiger partial charge in [-0.1, -0.05) is 6.42 Å². The van der Waals surface area contributed by atoms with Crippen molar-refractivity contribution < 1.29 is 18.3 Å². The molecule has 0 saturated heterocycles. The number of ether oxygens (including phenoxy) is 1. The second kappa shape index (κ2) is 9.00. The molecule has 2 aliphatic rings. The van der Waals surface area contributed by atoms with Crippen LogP contribution in [0.3, 0.4) is 0 Å². The first-order valence-electron chi connectivity index (χ1n) is 9.08. The van der Waals surface area contributed by atoms with E-state index in [9.17, 15) is 13.6 Å². The molecule has 3 rings (SSSR count). The fourth-order valence-electron chi connectivity index (χ4n) is 4.21. The molecule has 3 unspecified atom stereocenters. The third-order valence-corrected chi connectivity index (χ3v) is 5.56.